The molecule has 1 aromatic rings. The maximum atomic E-state index is 3.97. The van der Waals surface area contributed by atoms with Crippen LogP contribution in [0.25, 0.3) is 0 Å². The van der Waals surface area contributed by atoms with Crippen molar-refractivity contribution in [3.8, 4) is 0 Å². The van der Waals surface area contributed by atoms with Crippen molar-refractivity contribution < 1.29 is 0 Å². The van der Waals surface area contributed by atoms with Gasteiger partial charge in [-0.1, -0.05) is 22.5 Å². The van der Waals surface area contributed by atoms with Crippen LogP contribution in [0.1, 0.15) is 18.5 Å². The van der Waals surface area contributed by atoms with Crippen molar-refractivity contribution in [3.05, 3.63) is 41.2 Å². The highest BCUT2D eigenvalue weighted by Gasteiger charge is 2.02. The van der Waals surface area contributed by atoms with Gasteiger partial charge in [-0.05, 0) is 24.6 Å². The quantitative estimate of drug-likeness (QED) is 0.876. The Hall–Kier alpha value is -0.670. The molecule has 0 saturated carbocycles. The second kappa shape index (κ2) is 5.14. The predicted octanol–water partition coefficient (Wildman–Crippen LogP) is 2.64. The van der Waals surface area contributed by atoms with Crippen LogP contribution in [-0.2, 0) is 0 Å². The number of nitrogens with one attached hydrogen (secondary N) is 1. The number of pyridine rings is 1. The lowest BCUT2D eigenvalue weighted by Gasteiger charge is -2.12. The summed E-state index contributed by atoms with van der Waals surface area (Å²) in [6.45, 7) is 6.66. The van der Waals surface area contributed by atoms with Gasteiger partial charge in [0, 0.05) is 29.5 Å². The first-order valence-electron chi connectivity index (χ1n) is 4.16. The molecule has 70 valence electrons. The van der Waals surface area contributed by atoms with Crippen LogP contribution < -0.4 is 5.32 Å². The van der Waals surface area contributed by atoms with Gasteiger partial charge >= 0.3 is 0 Å². The second-order valence-electron chi connectivity index (χ2n) is 2.90. The topological polar surface area (TPSA) is 24.9 Å². The van der Waals surface area contributed by atoms with Gasteiger partial charge in [-0.3, -0.25) is 4.98 Å². The molecule has 0 bridgehead atoms. The average molecular weight is 241 g/mol. The molecule has 2 nitrogen and oxygen atoms in total. The summed E-state index contributed by atoms with van der Waals surface area (Å²) in [5.74, 6) is 0. The first-order chi connectivity index (χ1) is 6.20. The van der Waals surface area contributed by atoms with Gasteiger partial charge in [-0.25, -0.2) is 0 Å². The van der Waals surface area contributed by atoms with Crippen molar-refractivity contribution in [2.75, 3.05) is 6.54 Å². The molecule has 0 aliphatic rings. The Kier molecular flexibility index (Phi) is 4.12. The minimum atomic E-state index is 0.331. The maximum absolute atomic E-state index is 3.97. The minimum absolute atomic E-state index is 0.331. The third kappa shape index (κ3) is 3.70. The third-order valence-electron chi connectivity index (χ3n) is 1.81. The number of hydrogen-bond donors (Lipinski definition) is 1. The zero-order valence-electron chi connectivity index (χ0n) is 7.63. The molecule has 0 aliphatic heterocycles. The van der Waals surface area contributed by atoms with Gasteiger partial charge in [0.15, 0.2) is 0 Å². The number of hydrogen-bond acceptors (Lipinski definition) is 2. The molecule has 0 spiro atoms. The molecule has 0 radical (unpaired) electrons. The van der Waals surface area contributed by atoms with Crippen LogP contribution in [0.4, 0.5) is 0 Å². The van der Waals surface area contributed by atoms with Crippen molar-refractivity contribution in [2.24, 2.45) is 0 Å². The van der Waals surface area contributed by atoms with Gasteiger partial charge in [0.1, 0.15) is 0 Å². The van der Waals surface area contributed by atoms with E-state index in [-0.39, 0.29) is 0 Å². The van der Waals surface area contributed by atoms with Gasteiger partial charge in [-0.15, -0.1) is 0 Å². The van der Waals surface area contributed by atoms with E-state index in [1.54, 1.807) is 12.4 Å². The highest BCUT2D eigenvalue weighted by atomic mass is 79.9. The molecule has 0 amide bonds. The molecule has 1 aromatic heterocycles. The zero-order chi connectivity index (χ0) is 9.68. The summed E-state index contributed by atoms with van der Waals surface area (Å²) >= 11 is 3.31. The highest BCUT2D eigenvalue weighted by Crippen LogP contribution is 2.10. The molecule has 0 aliphatic carbocycles. The smallest absolute Gasteiger partial charge is 0.0296 e. The molecular formula is C10H13BrN2. The number of nitrogens with zero attached hydrogens (tertiary/aromatic N) is 1. The van der Waals surface area contributed by atoms with Crippen LogP contribution in [0, 0.1) is 0 Å². The highest BCUT2D eigenvalue weighted by molar-refractivity contribution is 9.11. The predicted molar refractivity (Wildman–Crippen MR) is 58.7 cm³/mol. The van der Waals surface area contributed by atoms with E-state index in [0.29, 0.717) is 6.04 Å². The van der Waals surface area contributed by atoms with Gasteiger partial charge in [-0.2, -0.15) is 0 Å². The zero-order valence-corrected chi connectivity index (χ0v) is 9.21. The molecule has 3 heteroatoms. The van der Waals surface area contributed by atoms with E-state index < -0.39 is 0 Å². The van der Waals surface area contributed by atoms with E-state index in [2.05, 4.69) is 39.7 Å². The SMILES string of the molecule is C=C(Br)CNC(C)c1ccncc1. The lowest BCUT2D eigenvalue weighted by atomic mass is 10.1. The van der Waals surface area contributed by atoms with Crippen LogP contribution >= 0.6 is 15.9 Å². The third-order valence-corrected chi connectivity index (χ3v) is 2.09. The Bertz CT molecular complexity index is 272. The molecule has 1 unspecified atom stereocenters. The van der Waals surface area contributed by atoms with Gasteiger partial charge in [0.25, 0.3) is 0 Å². The summed E-state index contributed by atoms with van der Waals surface area (Å²) in [6, 6.07) is 4.35. The molecular weight excluding hydrogens is 228 g/mol. The van der Waals surface area contributed by atoms with Crippen molar-refractivity contribution in [2.45, 2.75) is 13.0 Å². The summed E-state index contributed by atoms with van der Waals surface area (Å²) in [7, 11) is 0. The fourth-order valence-corrected chi connectivity index (χ4v) is 1.20. The van der Waals surface area contributed by atoms with Crippen molar-refractivity contribution in [1.29, 1.82) is 0 Å². The summed E-state index contributed by atoms with van der Waals surface area (Å²) in [4.78, 5) is 3.97. The first kappa shape index (κ1) is 10.4. The largest absolute Gasteiger partial charge is 0.306 e. The number of halogens is 1. The molecule has 1 rings (SSSR count). The van der Waals surface area contributed by atoms with Crippen LogP contribution in [0.2, 0.25) is 0 Å². The molecule has 13 heavy (non-hydrogen) atoms. The van der Waals surface area contributed by atoms with Crippen LogP contribution in [0.5, 0.6) is 0 Å². The molecule has 0 fully saturated rings. The maximum Gasteiger partial charge on any atom is 0.0296 e. The average Bonchev–Trinajstić information content (AvgIpc) is 2.15. The Morgan fingerprint density at radius 3 is 2.77 bits per heavy atom. The van der Waals surface area contributed by atoms with E-state index in [0.717, 1.165) is 11.0 Å². The minimum Gasteiger partial charge on any atom is -0.306 e. The molecule has 0 saturated heterocycles. The standard InChI is InChI=1S/C10H13BrN2/c1-8(11)7-13-9(2)10-3-5-12-6-4-10/h3-6,9,13H,1,7H2,2H3. The second-order valence-corrected chi connectivity index (χ2v) is 4.02. The Morgan fingerprint density at radius 2 is 2.23 bits per heavy atom. The summed E-state index contributed by atoms with van der Waals surface area (Å²) < 4.78 is 0.966. The van der Waals surface area contributed by atoms with E-state index in [4.69, 9.17) is 0 Å². The number of aromatic nitrogens is 1. The summed E-state index contributed by atoms with van der Waals surface area (Å²) in [6.07, 6.45) is 3.60. The fraction of sp³-hybridized carbons (Fsp3) is 0.300. The first-order valence-corrected chi connectivity index (χ1v) is 4.96. The van der Waals surface area contributed by atoms with Crippen molar-refractivity contribution in [3.63, 3.8) is 0 Å². The van der Waals surface area contributed by atoms with Crippen molar-refractivity contribution in [1.82, 2.24) is 10.3 Å². The van der Waals surface area contributed by atoms with E-state index in [1.165, 1.54) is 5.56 Å². The molecule has 1 atom stereocenters. The fourth-order valence-electron chi connectivity index (χ4n) is 1.03. The van der Waals surface area contributed by atoms with Crippen LogP contribution in [0.15, 0.2) is 35.6 Å². The molecule has 1 heterocycles. The lowest BCUT2D eigenvalue weighted by Crippen LogP contribution is -2.19. The Labute approximate surface area is 87.2 Å². The van der Waals surface area contributed by atoms with Crippen LogP contribution in [-0.4, -0.2) is 11.5 Å². The van der Waals surface area contributed by atoms with Crippen LogP contribution in [0.3, 0.4) is 0 Å². The van der Waals surface area contributed by atoms with E-state index in [9.17, 15) is 0 Å². The molecule has 1 N–H and O–H groups in total. The van der Waals surface area contributed by atoms with Crippen molar-refractivity contribution >= 4 is 15.9 Å². The monoisotopic (exact) mass is 240 g/mol. The molecule has 0 aromatic carbocycles. The Morgan fingerprint density at radius 1 is 1.62 bits per heavy atom. The normalized spacial score (nSPS) is 12.5. The van der Waals surface area contributed by atoms with Gasteiger partial charge in [0.05, 0.1) is 0 Å². The lowest BCUT2D eigenvalue weighted by molar-refractivity contribution is 0.615. The summed E-state index contributed by atoms with van der Waals surface area (Å²) in [5.41, 5.74) is 1.24. The number of rotatable bonds is 4. The van der Waals surface area contributed by atoms with E-state index >= 15 is 0 Å². The Balaban J connectivity index is 2.49. The van der Waals surface area contributed by atoms with Gasteiger partial charge < -0.3 is 5.32 Å². The summed E-state index contributed by atoms with van der Waals surface area (Å²) in [5, 5.41) is 3.32. The van der Waals surface area contributed by atoms with E-state index in [1.807, 2.05) is 12.1 Å². The van der Waals surface area contributed by atoms with Gasteiger partial charge in [0.2, 0.25) is 0 Å².